The van der Waals surface area contributed by atoms with Crippen LogP contribution in [0.15, 0.2) is 48.5 Å². The van der Waals surface area contributed by atoms with Crippen LogP contribution >= 0.6 is 0 Å². The highest BCUT2D eigenvalue weighted by Crippen LogP contribution is 2.30. The Hall–Kier alpha value is -3.48. The van der Waals surface area contributed by atoms with Crippen LogP contribution in [0, 0.1) is 0 Å². The van der Waals surface area contributed by atoms with Crippen LogP contribution in [0.5, 0.6) is 11.5 Å². The van der Waals surface area contributed by atoms with E-state index in [0.29, 0.717) is 31.3 Å². The molecule has 158 valence electrons. The summed E-state index contributed by atoms with van der Waals surface area (Å²) in [5.74, 6) is 0.401. The molecule has 1 amide bonds. The average Bonchev–Trinajstić information content (AvgIpc) is 3.00. The SMILES string of the molecule is CN(C)c1ccc(CNC(=O)COC(=O)/C=C/c2ccc3c(c2)OCCCO3)cc1. The molecular weight excluding hydrogens is 384 g/mol. The molecule has 0 fully saturated rings. The summed E-state index contributed by atoms with van der Waals surface area (Å²) >= 11 is 0. The van der Waals surface area contributed by atoms with Crippen LogP contribution in [0.4, 0.5) is 5.69 Å². The van der Waals surface area contributed by atoms with Crippen LogP contribution in [0.25, 0.3) is 6.08 Å². The number of hydrogen-bond donors (Lipinski definition) is 1. The van der Waals surface area contributed by atoms with Crippen molar-refractivity contribution in [1.29, 1.82) is 0 Å². The van der Waals surface area contributed by atoms with Gasteiger partial charge in [-0.25, -0.2) is 4.79 Å². The van der Waals surface area contributed by atoms with Crippen LogP contribution in [-0.2, 0) is 20.9 Å². The minimum Gasteiger partial charge on any atom is -0.490 e. The van der Waals surface area contributed by atoms with Crippen molar-refractivity contribution in [2.75, 3.05) is 38.8 Å². The lowest BCUT2D eigenvalue weighted by atomic mass is 10.2. The molecule has 0 bridgehead atoms. The van der Waals surface area contributed by atoms with Crippen molar-refractivity contribution in [2.45, 2.75) is 13.0 Å². The minimum absolute atomic E-state index is 0.333. The Morgan fingerprint density at radius 1 is 1.07 bits per heavy atom. The second-order valence-corrected chi connectivity index (χ2v) is 7.04. The second kappa shape index (κ2) is 10.3. The van der Waals surface area contributed by atoms with E-state index in [1.54, 1.807) is 12.1 Å². The zero-order valence-electron chi connectivity index (χ0n) is 17.2. The van der Waals surface area contributed by atoms with E-state index < -0.39 is 5.97 Å². The normalized spacial score (nSPS) is 12.9. The van der Waals surface area contributed by atoms with Gasteiger partial charge in [-0.05, 0) is 41.5 Å². The van der Waals surface area contributed by atoms with Crippen LogP contribution in [0.1, 0.15) is 17.5 Å². The molecule has 0 saturated heterocycles. The molecule has 1 aliphatic heterocycles. The topological polar surface area (TPSA) is 77.1 Å². The summed E-state index contributed by atoms with van der Waals surface area (Å²) in [5, 5.41) is 2.73. The highest BCUT2D eigenvalue weighted by Gasteiger charge is 2.10. The van der Waals surface area contributed by atoms with E-state index in [1.165, 1.54) is 6.08 Å². The Morgan fingerprint density at radius 2 is 1.80 bits per heavy atom. The number of amides is 1. The van der Waals surface area contributed by atoms with Crippen molar-refractivity contribution in [2.24, 2.45) is 0 Å². The second-order valence-electron chi connectivity index (χ2n) is 7.04. The van der Waals surface area contributed by atoms with Gasteiger partial charge in [-0.1, -0.05) is 18.2 Å². The number of rotatable bonds is 7. The summed E-state index contributed by atoms with van der Waals surface area (Å²) in [5.41, 5.74) is 2.83. The predicted octanol–water partition coefficient (Wildman–Crippen LogP) is 2.79. The maximum absolute atomic E-state index is 11.9. The molecule has 0 spiro atoms. The van der Waals surface area contributed by atoms with Crippen LogP contribution in [0.2, 0.25) is 0 Å². The smallest absolute Gasteiger partial charge is 0.331 e. The van der Waals surface area contributed by atoms with Crippen molar-refractivity contribution in [3.05, 3.63) is 59.7 Å². The third-order valence-electron chi connectivity index (χ3n) is 4.47. The Balaban J connectivity index is 1.42. The number of anilines is 1. The molecule has 7 heteroatoms. The van der Waals surface area contributed by atoms with Gasteiger partial charge in [0, 0.05) is 38.8 Å². The van der Waals surface area contributed by atoms with E-state index in [0.717, 1.165) is 23.2 Å². The summed E-state index contributed by atoms with van der Waals surface area (Å²) in [4.78, 5) is 25.8. The van der Waals surface area contributed by atoms with E-state index in [-0.39, 0.29) is 12.5 Å². The van der Waals surface area contributed by atoms with Gasteiger partial charge in [-0.15, -0.1) is 0 Å². The van der Waals surface area contributed by atoms with E-state index in [9.17, 15) is 9.59 Å². The molecule has 0 aromatic heterocycles. The standard InChI is InChI=1S/C23H26N2O5/c1-25(2)19-8-4-18(5-9-19)15-24-22(26)16-30-23(27)11-7-17-6-10-20-21(14-17)29-13-3-12-28-20/h4-11,14H,3,12-13,15-16H2,1-2H3,(H,24,26)/b11-7+. The fourth-order valence-electron chi connectivity index (χ4n) is 2.80. The van der Waals surface area contributed by atoms with Gasteiger partial charge in [0.25, 0.3) is 5.91 Å². The fourth-order valence-corrected chi connectivity index (χ4v) is 2.80. The maximum Gasteiger partial charge on any atom is 0.331 e. The summed E-state index contributed by atoms with van der Waals surface area (Å²) in [6.07, 6.45) is 3.73. The minimum atomic E-state index is -0.590. The fraction of sp³-hybridized carbons (Fsp3) is 0.304. The van der Waals surface area contributed by atoms with Crippen molar-refractivity contribution in [1.82, 2.24) is 5.32 Å². The van der Waals surface area contributed by atoms with E-state index in [2.05, 4.69) is 5.32 Å². The van der Waals surface area contributed by atoms with Gasteiger partial charge < -0.3 is 24.4 Å². The first-order valence-corrected chi connectivity index (χ1v) is 9.79. The van der Waals surface area contributed by atoms with Crippen molar-refractivity contribution >= 4 is 23.6 Å². The lowest BCUT2D eigenvalue weighted by Crippen LogP contribution is -2.28. The van der Waals surface area contributed by atoms with Gasteiger partial charge in [0.05, 0.1) is 13.2 Å². The van der Waals surface area contributed by atoms with Gasteiger partial charge in [-0.3, -0.25) is 4.79 Å². The largest absolute Gasteiger partial charge is 0.490 e. The molecule has 1 N–H and O–H groups in total. The van der Waals surface area contributed by atoms with Gasteiger partial charge >= 0.3 is 5.97 Å². The molecule has 30 heavy (non-hydrogen) atoms. The number of hydrogen-bond acceptors (Lipinski definition) is 6. The number of fused-ring (bicyclic) bond motifs is 1. The van der Waals surface area contributed by atoms with Gasteiger partial charge in [0.2, 0.25) is 0 Å². The van der Waals surface area contributed by atoms with Gasteiger partial charge in [0.15, 0.2) is 18.1 Å². The van der Waals surface area contributed by atoms with Gasteiger partial charge in [-0.2, -0.15) is 0 Å². The summed E-state index contributed by atoms with van der Waals surface area (Å²) < 4.78 is 16.2. The summed E-state index contributed by atoms with van der Waals surface area (Å²) in [6, 6.07) is 13.3. The molecular formula is C23H26N2O5. The molecule has 1 aliphatic rings. The van der Waals surface area contributed by atoms with Crippen LogP contribution < -0.4 is 19.7 Å². The molecule has 3 rings (SSSR count). The van der Waals surface area contributed by atoms with Crippen molar-refractivity contribution in [3.63, 3.8) is 0 Å². The Kier molecular flexibility index (Phi) is 7.32. The Labute approximate surface area is 176 Å². The molecule has 0 radical (unpaired) electrons. The maximum atomic E-state index is 11.9. The first-order valence-electron chi connectivity index (χ1n) is 9.79. The molecule has 0 atom stereocenters. The first-order chi connectivity index (χ1) is 14.5. The Morgan fingerprint density at radius 3 is 2.53 bits per heavy atom. The molecule has 2 aromatic carbocycles. The van der Waals surface area contributed by atoms with Crippen molar-refractivity contribution < 1.29 is 23.8 Å². The highest BCUT2D eigenvalue weighted by molar-refractivity contribution is 5.89. The molecule has 0 saturated carbocycles. The molecule has 0 aliphatic carbocycles. The molecule has 0 unspecified atom stereocenters. The quantitative estimate of drug-likeness (QED) is 0.559. The van der Waals surface area contributed by atoms with Crippen molar-refractivity contribution in [3.8, 4) is 11.5 Å². The predicted molar refractivity (Wildman–Crippen MR) is 115 cm³/mol. The number of carbonyl (C=O) groups is 2. The zero-order chi connectivity index (χ0) is 21.3. The molecule has 2 aromatic rings. The number of ether oxygens (including phenoxy) is 3. The number of carbonyl (C=O) groups excluding carboxylic acids is 2. The third-order valence-corrected chi connectivity index (χ3v) is 4.47. The number of benzene rings is 2. The highest BCUT2D eigenvalue weighted by atomic mass is 16.5. The van der Waals surface area contributed by atoms with E-state index in [4.69, 9.17) is 14.2 Å². The monoisotopic (exact) mass is 410 g/mol. The van der Waals surface area contributed by atoms with Crippen LogP contribution in [-0.4, -0.2) is 45.8 Å². The van der Waals surface area contributed by atoms with Gasteiger partial charge in [0.1, 0.15) is 0 Å². The lowest BCUT2D eigenvalue weighted by Gasteiger charge is -2.12. The summed E-state index contributed by atoms with van der Waals surface area (Å²) in [6.45, 7) is 1.26. The van der Waals surface area contributed by atoms with Crippen LogP contribution in [0.3, 0.4) is 0 Å². The number of nitrogens with one attached hydrogen (secondary N) is 1. The number of nitrogens with zero attached hydrogens (tertiary/aromatic N) is 1. The lowest BCUT2D eigenvalue weighted by molar-refractivity contribution is -0.143. The third kappa shape index (κ3) is 6.27. The average molecular weight is 410 g/mol. The summed E-state index contributed by atoms with van der Waals surface area (Å²) in [7, 11) is 3.93. The van der Waals surface area contributed by atoms with E-state index >= 15 is 0 Å². The Bertz CT molecular complexity index is 906. The zero-order valence-corrected chi connectivity index (χ0v) is 17.2. The first kappa shape index (κ1) is 21.2. The molecule has 7 nitrogen and oxygen atoms in total. The molecule has 1 heterocycles. The number of esters is 1. The van der Waals surface area contributed by atoms with E-state index in [1.807, 2.05) is 55.4 Å².